The molecule has 1 aliphatic heterocycles. The molecule has 0 atom stereocenters. The molecule has 2 rings (SSSR count). The van der Waals surface area contributed by atoms with Gasteiger partial charge in [0, 0.05) is 24.3 Å². The molecule has 1 saturated heterocycles. The second kappa shape index (κ2) is 4.52. The summed E-state index contributed by atoms with van der Waals surface area (Å²) in [6.45, 7) is 8.39. The molecule has 0 amide bonds. The molecule has 1 aromatic rings. The Kier molecular flexibility index (Phi) is 3.23. The Labute approximate surface area is 104 Å². The first-order valence-corrected chi connectivity index (χ1v) is 6.34. The van der Waals surface area contributed by atoms with Crippen molar-refractivity contribution in [3.05, 3.63) is 29.8 Å². The first kappa shape index (κ1) is 12.2. The van der Waals surface area contributed by atoms with Crippen LogP contribution in [0.25, 0.3) is 0 Å². The Morgan fingerprint density at radius 1 is 1.18 bits per heavy atom. The molecule has 1 fully saturated rings. The minimum Gasteiger partial charge on any atom is -0.371 e. The molecule has 17 heavy (non-hydrogen) atoms. The van der Waals surface area contributed by atoms with Crippen molar-refractivity contribution in [3.8, 4) is 0 Å². The Balaban J connectivity index is 2.21. The number of carbonyl (C=O) groups is 1. The van der Waals surface area contributed by atoms with Crippen LogP contribution in [0.2, 0.25) is 0 Å². The summed E-state index contributed by atoms with van der Waals surface area (Å²) in [6.07, 6.45) is 2.39. The van der Waals surface area contributed by atoms with E-state index in [0.717, 1.165) is 24.3 Å². The number of Topliss-reactive ketones (excluding diaryl/α,β-unsaturated/α-hetero) is 1. The van der Waals surface area contributed by atoms with Gasteiger partial charge in [-0.1, -0.05) is 26.0 Å². The van der Waals surface area contributed by atoms with E-state index in [0.29, 0.717) is 5.41 Å². The number of piperidine rings is 1. The van der Waals surface area contributed by atoms with E-state index in [1.807, 2.05) is 18.2 Å². The molecule has 2 heteroatoms. The SMILES string of the molecule is CC(=O)c1ccccc1N1CCC(C)(C)CC1. The third-order valence-corrected chi connectivity index (χ3v) is 3.74. The summed E-state index contributed by atoms with van der Waals surface area (Å²) in [7, 11) is 0. The molecule has 92 valence electrons. The summed E-state index contributed by atoms with van der Waals surface area (Å²) in [5.41, 5.74) is 2.41. The predicted octanol–water partition coefficient (Wildman–Crippen LogP) is 3.52. The first-order valence-electron chi connectivity index (χ1n) is 6.34. The quantitative estimate of drug-likeness (QED) is 0.726. The highest BCUT2D eigenvalue weighted by atomic mass is 16.1. The van der Waals surface area contributed by atoms with Crippen molar-refractivity contribution in [1.82, 2.24) is 0 Å². The van der Waals surface area contributed by atoms with E-state index in [-0.39, 0.29) is 5.78 Å². The van der Waals surface area contributed by atoms with Gasteiger partial charge in [0.15, 0.2) is 5.78 Å². The fourth-order valence-corrected chi connectivity index (χ4v) is 2.40. The largest absolute Gasteiger partial charge is 0.371 e. The molecule has 0 radical (unpaired) electrons. The zero-order valence-electron chi connectivity index (χ0n) is 11.0. The van der Waals surface area contributed by atoms with Crippen molar-refractivity contribution in [2.24, 2.45) is 5.41 Å². The van der Waals surface area contributed by atoms with Crippen molar-refractivity contribution in [3.63, 3.8) is 0 Å². The highest BCUT2D eigenvalue weighted by molar-refractivity contribution is 5.99. The van der Waals surface area contributed by atoms with Crippen LogP contribution in [-0.2, 0) is 0 Å². The van der Waals surface area contributed by atoms with Crippen molar-refractivity contribution in [1.29, 1.82) is 0 Å². The Morgan fingerprint density at radius 3 is 2.35 bits per heavy atom. The van der Waals surface area contributed by atoms with Crippen LogP contribution in [0.3, 0.4) is 0 Å². The fourth-order valence-electron chi connectivity index (χ4n) is 2.40. The molecular formula is C15H21NO. The minimum atomic E-state index is 0.158. The number of anilines is 1. The summed E-state index contributed by atoms with van der Waals surface area (Å²) in [6, 6.07) is 7.95. The van der Waals surface area contributed by atoms with Crippen molar-refractivity contribution in [2.75, 3.05) is 18.0 Å². The number of rotatable bonds is 2. The van der Waals surface area contributed by atoms with Crippen LogP contribution >= 0.6 is 0 Å². The van der Waals surface area contributed by atoms with E-state index in [2.05, 4.69) is 24.8 Å². The maximum Gasteiger partial charge on any atom is 0.161 e. The fraction of sp³-hybridized carbons (Fsp3) is 0.533. The molecule has 0 unspecified atom stereocenters. The Hall–Kier alpha value is -1.31. The van der Waals surface area contributed by atoms with E-state index < -0.39 is 0 Å². The van der Waals surface area contributed by atoms with Crippen LogP contribution in [0, 0.1) is 5.41 Å². The van der Waals surface area contributed by atoms with E-state index in [4.69, 9.17) is 0 Å². The third kappa shape index (κ3) is 2.68. The van der Waals surface area contributed by atoms with Crippen LogP contribution in [0.4, 0.5) is 5.69 Å². The van der Waals surface area contributed by atoms with Crippen molar-refractivity contribution in [2.45, 2.75) is 33.6 Å². The van der Waals surface area contributed by atoms with E-state index in [1.165, 1.54) is 12.8 Å². The Bertz CT molecular complexity index is 413. The van der Waals surface area contributed by atoms with Gasteiger partial charge in [-0.25, -0.2) is 0 Å². The first-order chi connectivity index (χ1) is 7.99. The average molecular weight is 231 g/mol. The highest BCUT2D eigenvalue weighted by Crippen LogP contribution is 2.33. The van der Waals surface area contributed by atoms with Gasteiger partial charge in [-0.2, -0.15) is 0 Å². The van der Waals surface area contributed by atoms with E-state index in [9.17, 15) is 4.79 Å². The molecule has 0 saturated carbocycles. The standard InChI is InChI=1S/C15H21NO/c1-12(17)13-6-4-5-7-14(13)16-10-8-15(2,3)9-11-16/h4-7H,8-11H2,1-3H3. The van der Waals surface area contributed by atoms with Gasteiger partial charge >= 0.3 is 0 Å². The number of ketones is 1. The molecule has 0 N–H and O–H groups in total. The number of carbonyl (C=O) groups excluding carboxylic acids is 1. The monoisotopic (exact) mass is 231 g/mol. The smallest absolute Gasteiger partial charge is 0.161 e. The minimum absolute atomic E-state index is 0.158. The van der Waals surface area contributed by atoms with Crippen LogP contribution in [0.5, 0.6) is 0 Å². The van der Waals surface area contributed by atoms with Crippen LogP contribution in [-0.4, -0.2) is 18.9 Å². The lowest BCUT2D eigenvalue weighted by atomic mass is 9.82. The molecule has 2 nitrogen and oxygen atoms in total. The molecule has 1 aliphatic rings. The number of nitrogens with zero attached hydrogens (tertiary/aromatic N) is 1. The van der Waals surface area contributed by atoms with Crippen LogP contribution < -0.4 is 4.90 Å². The van der Waals surface area contributed by atoms with Gasteiger partial charge in [-0.3, -0.25) is 4.79 Å². The highest BCUT2D eigenvalue weighted by Gasteiger charge is 2.26. The third-order valence-electron chi connectivity index (χ3n) is 3.74. The molecule has 0 bridgehead atoms. The topological polar surface area (TPSA) is 20.3 Å². The van der Waals surface area contributed by atoms with E-state index in [1.54, 1.807) is 6.92 Å². The summed E-state index contributed by atoms with van der Waals surface area (Å²) in [5, 5.41) is 0. The van der Waals surface area contributed by atoms with Gasteiger partial charge < -0.3 is 4.90 Å². The summed E-state index contributed by atoms with van der Waals surface area (Å²) in [5.74, 6) is 0.158. The molecule has 0 aliphatic carbocycles. The maximum atomic E-state index is 11.6. The van der Waals surface area contributed by atoms with Gasteiger partial charge in [0.25, 0.3) is 0 Å². The van der Waals surface area contributed by atoms with Gasteiger partial charge in [-0.05, 0) is 37.3 Å². The lowest BCUT2D eigenvalue weighted by Gasteiger charge is -2.38. The second-order valence-corrected chi connectivity index (χ2v) is 5.72. The number of hydrogen-bond acceptors (Lipinski definition) is 2. The van der Waals surface area contributed by atoms with Crippen molar-refractivity contribution >= 4 is 11.5 Å². The average Bonchev–Trinajstić information content (AvgIpc) is 2.29. The normalized spacial score (nSPS) is 19.1. The Morgan fingerprint density at radius 2 is 1.76 bits per heavy atom. The summed E-state index contributed by atoms with van der Waals surface area (Å²) >= 11 is 0. The zero-order chi connectivity index (χ0) is 12.5. The molecule has 0 aromatic heterocycles. The van der Waals surface area contributed by atoms with Gasteiger partial charge in [0.05, 0.1) is 0 Å². The van der Waals surface area contributed by atoms with Crippen LogP contribution in [0.15, 0.2) is 24.3 Å². The maximum absolute atomic E-state index is 11.6. The van der Waals surface area contributed by atoms with Gasteiger partial charge in [0.1, 0.15) is 0 Å². The van der Waals surface area contributed by atoms with E-state index >= 15 is 0 Å². The molecule has 1 heterocycles. The number of benzene rings is 1. The zero-order valence-corrected chi connectivity index (χ0v) is 11.0. The molecule has 0 spiro atoms. The number of hydrogen-bond donors (Lipinski definition) is 0. The lowest BCUT2D eigenvalue weighted by Crippen LogP contribution is -2.37. The molecule has 1 aromatic carbocycles. The van der Waals surface area contributed by atoms with Crippen LogP contribution in [0.1, 0.15) is 44.0 Å². The van der Waals surface area contributed by atoms with Gasteiger partial charge in [-0.15, -0.1) is 0 Å². The number of para-hydroxylation sites is 1. The lowest BCUT2D eigenvalue weighted by molar-refractivity contribution is 0.101. The van der Waals surface area contributed by atoms with Gasteiger partial charge in [0.2, 0.25) is 0 Å². The van der Waals surface area contributed by atoms with Crippen molar-refractivity contribution < 1.29 is 4.79 Å². The predicted molar refractivity (Wildman–Crippen MR) is 71.7 cm³/mol. The summed E-state index contributed by atoms with van der Waals surface area (Å²) < 4.78 is 0. The second-order valence-electron chi connectivity index (χ2n) is 5.72. The summed E-state index contributed by atoms with van der Waals surface area (Å²) in [4.78, 5) is 14.0. The molecular weight excluding hydrogens is 210 g/mol.